The molecule has 1 aliphatic carbocycles. The quantitative estimate of drug-likeness (QED) is 0.537. The first-order valence-electron chi connectivity index (χ1n) is 6.43. The lowest BCUT2D eigenvalue weighted by Gasteiger charge is -2.22. The smallest absolute Gasteiger partial charge is 0.339 e. The van der Waals surface area contributed by atoms with Gasteiger partial charge in [-0.2, -0.15) is 0 Å². The summed E-state index contributed by atoms with van der Waals surface area (Å²) in [6.45, 7) is 0. The number of rotatable bonds is 3. The summed E-state index contributed by atoms with van der Waals surface area (Å²) < 4.78 is 28.5. The summed E-state index contributed by atoms with van der Waals surface area (Å²) in [7, 11) is 1.35. The van der Waals surface area contributed by atoms with Gasteiger partial charge >= 0.3 is 5.97 Å². The lowest BCUT2D eigenvalue weighted by atomic mass is 9.98. The molecule has 0 spiro atoms. The topological polar surface area (TPSA) is 60.4 Å². The molecule has 0 aromatic heterocycles. The Kier molecular flexibility index (Phi) is 5.57. The van der Waals surface area contributed by atoms with E-state index in [1.54, 1.807) is 0 Å². The minimum absolute atomic E-state index is 0.00432. The molecule has 0 heterocycles. The van der Waals surface area contributed by atoms with Crippen molar-refractivity contribution in [2.75, 3.05) is 0 Å². The fraction of sp³-hybridized carbons (Fsp3) is 0.462. The van der Waals surface area contributed by atoms with E-state index < -0.39 is 15.0 Å². The van der Waals surface area contributed by atoms with Crippen molar-refractivity contribution in [2.45, 2.75) is 43.1 Å². The number of esters is 1. The molecule has 21 heavy (non-hydrogen) atoms. The molecule has 1 aromatic carbocycles. The van der Waals surface area contributed by atoms with Gasteiger partial charge in [-0.15, -0.1) is 0 Å². The van der Waals surface area contributed by atoms with E-state index in [2.05, 4.69) is 15.9 Å². The van der Waals surface area contributed by atoms with Gasteiger partial charge in [-0.3, -0.25) is 0 Å². The molecule has 0 atom stereocenters. The SMILES string of the molecule is O=C(OC1CCCCC1)c1cc(S(=O)(=O)Cl)c(Br)cc1Cl. The Bertz CT molecular complexity index is 654. The zero-order valence-corrected chi connectivity index (χ0v) is 14.9. The summed E-state index contributed by atoms with van der Waals surface area (Å²) >= 11 is 9.06. The van der Waals surface area contributed by atoms with Gasteiger partial charge < -0.3 is 4.74 Å². The zero-order valence-electron chi connectivity index (χ0n) is 10.9. The van der Waals surface area contributed by atoms with Crippen LogP contribution in [0, 0.1) is 0 Å². The molecular weight excluding hydrogens is 403 g/mol. The summed E-state index contributed by atoms with van der Waals surface area (Å²) in [5, 5.41) is 0.117. The van der Waals surface area contributed by atoms with Gasteiger partial charge in [0.05, 0.1) is 15.5 Å². The van der Waals surface area contributed by atoms with Gasteiger partial charge in [0.2, 0.25) is 0 Å². The molecule has 1 saturated carbocycles. The molecule has 116 valence electrons. The second-order valence-corrected chi connectivity index (χ2v) is 8.66. The van der Waals surface area contributed by atoms with E-state index in [1.165, 1.54) is 6.07 Å². The molecule has 8 heteroatoms. The molecule has 0 bridgehead atoms. The van der Waals surface area contributed by atoms with Crippen LogP contribution in [0.25, 0.3) is 0 Å². The Morgan fingerprint density at radius 1 is 1.24 bits per heavy atom. The average Bonchev–Trinajstić information content (AvgIpc) is 2.38. The number of carbonyl (C=O) groups excluding carboxylic acids is 1. The molecule has 0 N–H and O–H groups in total. The second-order valence-electron chi connectivity index (χ2n) is 4.87. The highest BCUT2D eigenvalue weighted by atomic mass is 79.9. The molecule has 0 saturated heterocycles. The molecule has 1 aromatic rings. The maximum atomic E-state index is 12.2. The Hall–Kier alpha value is -0.300. The normalized spacial score (nSPS) is 16.7. The lowest BCUT2D eigenvalue weighted by Crippen LogP contribution is -2.21. The van der Waals surface area contributed by atoms with E-state index in [0.717, 1.165) is 38.2 Å². The molecule has 0 radical (unpaired) electrons. The third-order valence-electron chi connectivity index (χ3n) is 3.33. The first-order valence-corrected chi connectivity index (χ1v) is 9.92. The van der Waals surface area contributed by atoms with Crippen molar-refractivity contribution in [1.82, 2.24) is 0 Å². The van der Waals surface area contributed by atoms with E-state index in [9.17, 15) is 13.2 Å². The van der Waals surface area contributed by atoms with Gasteiger partial charge in [0.25, 0.3) is 9.05 Å². The molecular formula is C13H13BrCl2O4S. The minimum Gasteiger partial charge on any atom is -0.459 e. The highest BCUT2D eigenvalue weighted by Gasteiger charge is 2.24. The van der Waals surface area contributed by atoms with Gasteiger partial charge in [0, 0.05) is 15.2 Å². The van der Waals surface area contributed by atoms with Crippen molar-refractivity contribution in [1.29, 1.82) is 0 Å². The van der Waals surface area contributed by atoms with Gasteiger partial charge in [-0.1, -0.05) is 18.0 Å². The number of halogens is 3. The van der Waals surface area contributed by atoms with Crippen molar-refractivity contribution in [3.8, 4) is 0 Å². The lowest BCUT2D eigenvalue weighted by molar-refractivity contribution is 0.0211. The van der Waals surface area contributed by atoms with Crippen molar-refractivity contribution in [3.63, 3.8) is 0 Å². The van der Waals surface area contributed by atoms with Crippen LogP contribution in [0.3, 0.4) is 0 Å². The number of benzene rings is 1. The fourth-order valence-corrected chi connectivity index (χ4v) is 4.84. The highest BCUT2D eigenvalue weighted by molar-refractivity contribution is 9.10. The number of hydrogen-bond acceptors (Lipinski definition) is 4. The van der Waals surface area contributed by atoms with Crippen molar-refractivity contribution >= 4 is 53.2 Å². The second kappa shape index (κ2) is 6.86. The predicted octanol–water partition coefficient (Wildman–Crippen LogP) is 4.52. The Labute approximate surface area is 141 Å². The number of hydrogen-bond donors (Lipinski definition) is 0. The Morgan fingerprint density at radius 2 is 1.86 bits per heavy atom. The zero-order chi connectivity index (χ0) is 15.6. The first-order chi connectivity index (χ1) is 9.79. The molecule has 1 aliphatic rings. The number of ether oxygens (including phenoxy) is 1. The van der Waals surface area contributed by atoms with Crippen LogP contribution in [0.15, 0.2) is 21.5 Å². The monoisotopic (exact) mass is 414 g/mol. The molecule has 0 unspecified atom stereocenters. The molecule has 1 fully saturated rings. The van der Waals surface area contributed by atoms with E-state index >= 15 is 0 Å². The van der Waals surface area contributed by atoms with Crippen LogP contribution in [0.4, 0.5) is 0 Å². The molecule has 0 amide bonds. The van der Waals surface area contributed by atoms with Crippen LogP contribution in [0.5, 0.6) is 0 Å². The van der Waals surface area contributed by atoms with Crippen molar-refractivity contribution in [2.24, 2.45) is 0 Å². The molecule has 4 nitrogen and oxygen atoms in total. The largest absolute Gasteiger partial charge is 0.459 e. The van der Waals surface area contributed by atoms with Gasteiger partial charge in [-0.25, -0.2) is 13.2 Å². The van der Waals surface area contributed by atoms with Crippen LogP contribution < -0.4 is 0 Å². The van der Waals surface area contributed by atoms with Gasteiger partial charge in [-0.05, 0) is 53.7 Å². The van der Waals surface area contributed by atoms with E-state index in [-0.39, 0.29) is 26.1 Å². The Morgan fingerprint density at radius 3 is 2.43 bits per heavy atom. The highest BCUT2D eigenvalue weighted by Crippen LogP contribution is 2.32. The van der Waals surface area contributed by atoms with Crippen LogP contribution in [0.2, 0.25) is 5.02 Å². The van der Waals surface area contributed by atoms with Crippen molar-refractivity contribution < 1.29 is 17.9 Å². The number of carbonyl (C=O) groups is 1. The average molecular weight is 416 g/mol. The first kappa shape index (κ1) is 17.1. The fourth-order valence-electron chi connectivity index (χ4n) is 2.27. The maximum Gasteiger partial charge on any atom is 0.339 e. The summed E-state index contributed by atoms with van der Waals surface area (Å²) in [6, 6.07) is 2.47. The molecule has 0 aliphatic heterocycles. The third-order valence-corrected chi connectivity index (χ3v) is 5.92. The third kappa shape index (κ3) is 4.34. The van der Waals surface area contributed by atoms with E-state index in [1.807, 2.05) is 0 Å². The minimum atomic E-state index is -3.98. The van der Waals surface area contributed by atoms with Gasteiger partial charge in [0.1, 0.15) is 6.10 Å². The summed E-state index contributed by atoms with van der Waals surface area (Å²) in [6.07, 6.45) is 4.69. The Balaban J connectivity index is 2.28. The van der Waals surface area contributed by atoms with Crippen LogP contribution in [-0.2, 0) is 13.8 Å². The van der Waals surface area contributed by atoms with Crippen molar-refractivity contribution in [3.05, 3.63) is 27.2 Å². The summed E-state index contributed by atoms with van der Waals surface area (Å²) in [4.78, 5) is 12.0. The summed E-state index contributed by atoms with van der Waals surface area (Å²) in [5.41, 5.74) is 0.00432. The molecule has 2 rings (SSSR count). The van der Waals surface area contributed by atoms with Crippen LogP contribution in [0.1, 0.15) is 42.5 Å². The van der Waals surface area contributed by atoms with E-state index in [0.29, 0.717) is 0 Å². The van der Waals surface area contributed by atoms with Crippen LogP contribution >= 0.6 is 38.2 Å². The van der Waals surface area contributed by atoms with Gasteiger partial charge in [0.15, 0.2) is 0 Å². The summed E-state index contributed by atoms with van der Waals surface area (Å²) in [5.74, 6) is -0.624. The maximum absolute atomic E-state index is 12.2. The van der Waals surface area contributed by atoms with Crippen LogP contribution in [-0.4, -0.2) is 20.5 Å². The standard InChI is InChI=1S/C13H13BrCl2O4S/c14-10-7-11(15)9(6-12(10)21(16,18)19)13(17)20-8-4-2-1-3-5-8/h6-8H,1-5H2. The predicted molar refractivity (Wildman–Crippen MR) is 84.5 cm³/mol. The van der Waals surface area contributed by atoms with E-state index in [4.69, 9.17) is 27.0 Å².